The monoisotopic (exact) mass is 416 g/mol. The summed E-state index contributed by atoms with van der Waals surface area (Å²) >= 11 is 0. The molecule has 31 heavy (non-hydrogen) atoms. The highest BCUT2D eigenvalue weighted by atomic mass is 16.4. The molecule has 0 bridgehead atoms. The standard InChI is InChI=1S/C22H20N6O3/c1-15-24-19(13-20(25-15)28-7-6-23-14-28)26-8-10-27(11-9-26)21(29)17-12-16-4-2-3-5-18(16)31-22(17)30/h2-7,12-14H,8-11H2,1H3. The van der Waals surface area contributed by atoms with Crippen LogP contribution in [0.1, 0.15) is 16.2 Å². The fraction of sp³-hybridized carbons (Fsp3) is 0.227. The zero-order valence-electron chi connectivity index (χ0n) is 16.9. The van der Waals surface area contributed by atoms with Gasteiger partial charge in [0.15, 0.2) is 0 Å². The van der Waals surface area contributed by atoms with E-state index in [1.807, 2.05) is 35.9 Å². The predicted molar refractivity (Wildman–Crippen MR) is 114 cm³/mol. The number of nitrogens with zero attached hydrogens (tertiary/aromatic N) is 6. The largest absolute Gasteiger partial charge is 0.422 e. The number of rotatable bonds is 3. The summed E-state index contributed by atoms with van der Waals surface area (Å²) in [5.41, 5.74) is -0.0725. The van der Waals surface area contributed by atoms with Gasteiger partial charge < -0.3 is 14.2 Å². The number of amides is 1. The highest BCUT2D eigenvalue weighted by Crippen LogP contribution is 2.19. The zero-order chi connectivity index (χ0) is 21.4. The Kier molecular flexibility index (Phi) is 4.70. The number of imidazole rings is 1. The Hall–Kier alpha value is -4.01. The molecule has 3 aromatic heterocycles. The normalized spacial score (nSPS) is 14.2. The summed E-state index contributed by atoms with van der Waals surface area (Å²) in [5, 5.41) is 0.729. The molecule has 1 saturated heterocycles. The Bertz CT molecular complexity index is 1310. The molecule has 1 fully saturated rings. The molecule has 0 saturated carbocycles. The third kappa shape index (κ3) is 3.65. The van der Waals surface area contributed by atoms with Crippen LogP contribution in [0.15, 0.2) is 64.3 Å². The minimum atomic E-state index is -0.609. The SMILES string of the molecule is Cc1nc(N2CCN(C(=O)c3cc4ccccc4oc3=O)CC2)cc(-n2ccnc2)n1. The molecular weight excluding hydrogens is 396 g/mol. The molecule has 1 aliphatic heterocycles. The minimum Gasteiger partial charge on any atom is -0.422 e. The van der Waals surface area contributed by atoms with Gasteiger partial charge in [-0.3, -0.25) is 9.36 Å². The molecule has 4 heterocycles. The highest BCUT2D eigenvalue weighted by molar-refractivity contribution is 5.96. The van der Waals surface area contributed by atoms with Crippen molar-refractivity contribution in [3.8, 4) is 5.82 Å². The topological polar surface area (TPSA) is 97.4 Å². The third-order valence-corrected chi connectivity index (χ3v) is 5.34. The van der Waals surface area contributed by atoms with Crippen molar-refractivity contribution in [2.45, 2.75) is 6.92 Å². The van der Waals surface area contributed by atoms with E-state index in [-0.39, 0.29) is 11.5 Å². The van der Waals surface area contributed by atoms with E-state index in [0.29, 0.717) is 37.6 Å². The number of carbonyl (C=O) groups excluding carboxylic acids is 1. The third-order valence-electron chi connectivity index (χ3n) is 5.34. The van der Waals surface area contributed by atoms with Crippen LogP contribution in [0, 0.1) is 6.92 Å². The molecule has 1 aromatic carbocycles. The molecule has 9 heteroatoms. The van der Waals surface area contributed by atoms with Crippen LogP contribution in [-0.2, 0) is 0 Å². The van der Waals surface area contributed by atoms with Crippen LogP contribution >= 0.6 is 0 Å². The Morgan fingerprint density at radius 3 is 2.58 bits per heavy atom. The molecule has 4 aromatic rings. The second-order valence-electron chi connectivity index (χ2n) is 7.37. The van der Waals surface area contributed by atoms with E-state index < -0.39 is 5.63 Å². The molecule has 0 spiro atoms. The first kappa shape index (κ1) is 19.0. The molecule has 0 atom stereocenters. The molecule has 0 unspecified atom stereocenters. The van der Waals surface area contributed by atoms with Gasteiger partial charge in [-0.1, -0.05) is 18.2 Å². The van der Waals surface area contributed by atoms with Crippen LogP contribution in [0.2, 0.25) is 0 Å². The van der Waals surface area contributed by atoms with Gasteiger partial charge in [0, 0.05) is 50.0 Å². The number of benzene rings is 1. The second-order valence-corrected chi connectivity index (χ2v) is 7.37. The number of aromatic nitrogens is 4. The number of para-hydroxylation sites is 1. The summed E-state index contributed by atoms with van der Waals surface area (Å²) in [6.07, 6.45) is 5.22. The molecule has 0 aliphatic carbocycles. The Morgan fingerprint density at radius 1 is 1.03 bits per heavy atom. The smallest absolute Gasteiger partial charge is 0.349 e. The summed E-state index contributed by atoms with van der Waals surface area (Å²) in [5.74, 6) is 1.89. The van der Waals surface area contributed by atoms with Crippen LogP contribution in [-0.4, -0.2) is 56.5 Å². The first-order valence-electron chi connectivity index (χ1n) is 9.99. The number of hydrogen-bond donors (Lipinski definition) is 0. The van der Waals surface area contributed by atoms with Gasteiger partial charge in [0.1, 0.15) is 34.9 Å². The van der Waals surface area contributed by atoms with Crippen LogP contribution in [0.25, 0.3) is 16.8 Å². The summed E-state index contributed by atoms with van der Waals surface area (Å²) in [6.45, 7) is 4.01. The number of hydrogen-bond acceptors (Lipinski definition) is 7. The van der Waals surface area contributed by atoms with E-state index in [1.54, 1.807) is 35.6 Å². The van der Waals surface area contributed by atoms with Crippen LogP contribution in [0.4, 0.5) is 5.82 Å². The molecule has 0 N–H and O–H groups in total. The quantitative estimate of drug-likeness (QED) is 0.472. The maximum atomic E-state index is 13.0. The molecule has 1 aliphatic rings. The Morgan fingerprint density at radius 2 is 1.81 bits per heavy atom. The molecule has 0 radical (unpaired) electrons. The lowest BCUT2D eigenvalue weighted by Gasteiger charge is -2.35. The van der Waals surface area contributed by atoms with E-state index in [4.69, 9.17) is 4.42 Å². The summed E-state index contributed by atoms with van der Waals surface area (Å²) in [4.78, 5) is 42.2. The van der Waals surface area contributed by atoms with Gasteiger partial charge in [-0.05, 0) is 19.1 Å². The van der Waals surface area contributed by atoms with Crippen molar-refractivity contribution < 1.29 is 9.21 Å². The van der Waals surface area contributed by atoms with E-state index in [9.17, 15) is 9.59 Å². The highest BCUT2D eigenvalue weighted by Gasteiger charge is 2.26. The number of carbonyl (C=O) groups is 1. The average molecular weight is 416 g/mol. The maximum absolute atomic E-state index is 13.0. The number of piperazine rings is 1. The number of fused-ring (bicyclic) bond motifs is 1. The zero-order valence-corrected chi connectivity index (χ0v) is 16.9. The van der Waals surface area contributed by atoms with Crippen molar-refractivity contribution in [3.05, 3.63) is 76.9 Å². The first-order valence-corrected chi connectivity index (χ1v) is 9.99. The van der Waals surface area contributed by atoms with Crippen LogP contribution < -0.4 is 10.5 Å². The molecular formula is C22H20N6O3. The van der Waals surface area contributed by atoms with Gasteiger partial charge in [0.2, 0.25) is 0 Å². The van der Waals surface area contributed by atoms with E-state index in [1.165, 1.54) is 0 Å². The summed E-state index contributed by atoms with van der Waals surface area (Å²) in [7, 11) is 0. The summed E-state index contributed by atoms with van der Waals surface area (Å²) < 4.78 is 7.15. The number of aryl methyl sites for hydroxylation is 1. The van der Waals surface area contributed by atoms with Gasteiger partial charge in [-0.15, -0.1) is 0 Å². The van der Waals surface area contributed by atoms with Gasteiger partial charge in [-0.25, -0.2) is 19.7 Å². The van der Waals surface area contributed by atoms with Crippen LogP contribution in [0.3, 0.4) is 0 Å². The molecule has 1 amide bonds. The average Bonchev–Trinajstić information content (AvgIpc) is 3.33. The maximum Gasteiger partial charge on any atom is 0.349 e. The fourth-order valence-electron chi connectivity index (χ4n) is 3.75. The van der Waals surface area contributed by atoms with Crippen molar-refractivity contribution in [1.82, 2.24) is 24.4 Å². The minimum absolute atomic E-state index is 0.0624. The Labute approximate surface area is 177 Å². The molecule has 5 rings (SSSR count). The van der Waals surface area contributed by atoms with Gasteiger partial charge >= 0.3 is 5.63 Å². The van der Waals surface area contributed by atoms with Gasteiger partial charge in [0.25, 0.3) is 5.91 Å². The van der Waals surface area contributed by atoms with E-state index in [0.717, 1.165) is 17.0 Å². The lowest BCUT2D eigenvalue weighted by molar-refractivity contribution is 0.0742. The lowest BCUT2D eigenvalue weighted by Crippen LogP contribution is -2.49. The molecule has 156 valence electrons. The predicted octanol–water partition coefficient (Wildman–Crippen LogP) is 2.04. The van der Waals surface area contributed by atoms with E-state index >= 15 is 0 Å². The Balaban J connectivity index is 1.33. The van der Waals surface area contributed by atoms with Gasteiger partial charge in [-0.2, -0.15) is 0 Å². The van der Waals surface area contributed by atoms with Crippen molar-refractivity contribution >= 4 is 22.7 Å². The second kappa shape index (κ2) is 7.67. The summed E-state index contributed by atoms with van der Waals surface area (Å²) in [6, 6.07) is 10.7. The van der Waals surface area contributed by atoms with Crippen molar-refractivity contribution in [2.24, 2.45) is 0 Å². The van der Waals surface area contributed by atoms with E-state index in [2.05, 4.69) is 19.9 Å². The van der Waals surface area contributed by atoms with Crippen LogP contribution in [0.5, 0.6) is 0 Å². The van der Waals surface area contributed by atoms with Crippen molar-refractivity contribution in [1.29, 1.82) is 0 Å². The fourth-order valence-corrected chi connectivity index (χ4v) is 3.75. The van der Waals surface area contributed by atoms with Crippen molar-refractivity contribution in [2.75, 3.05) is 31.1 Å². The molecule has 9 nitrogen and oxygen atoms in total. The first-order chi connectivity index (χ1) is 15.1. The lowest BCUT2D eigenvalue weighted by atomic mass is 10.1. The van der Waals surface area contributed by atoms with Gasteiger partial charge in [0.05, 0.1) is 0 Å². The van der Waals surface area contributed by atoms with Crippen molar-refractivity contribution in [3.63, 3.8) is 0 Å². The number of anilines is 1.